The number of benzene rings is 1. The minimum absolute atomic E-state index is 0.0242. The number of primary amides is 1. The number of hydrogen-bond acceptors (Lipinski definition) is 3. The van der Waals surface area contributed by atoms with Gasteiger partial charge in [-0.3, -0.25) is 9.69 Å². The van der Waals surface area contributed by atoms with Crippen molar-refractivity contribution in [3.05, 3.63) is 34.9 Å². The van der Waals surface area contributed by atoms with Crippen LogP contribution >= 0.6 is 11.6 Å². The van der Waals surface area contributed by atoms with Gasteiger partial charge in [-0.15, -0.1) is 0 Å². The molecule has 4 N–H and O–H groups in total. The van der Waals surface area contributed by atoms with E-state index >= 15 is 0 Å². The van der Waals surface area contributed by atoms with Crippen LogP contribution in [0.15, 0.2) is 24.3 Å². The number of amides is 1. The van der Waals surface area contributed by atoms with Crippen molar-refractivity contribution in [1.82, 2.24) is 4.90 Å². The summed E-state index contributed by atoms with van der Waals surface area (Å²) in [5.74, 6) is 0.207. The van der Waals surface area contributed by atoms with E-state index in [1.165, 1.54) is 0 Å². The van der Waals surface area contributed by atoms with Gasteiger partial charge in [-0.1, -0.05) is 23.7 Å². The van der Waals surface area contributed by atoms with Crippen LogP contribution in [-0.2, 0) is 4.79 Å². The number of carbonyl (C=O) groups excluding carboxylic acids is 1. The van der Waals surface area contributed by atoms with Gasteiger partial charge in [0.25, 0.3) is 0 Å². The van der Waals surface area contributed by atoms with E-state index in [9.17, 15) is 4.79 Å². The van der Waals surface area contributed by atoms with Crippen LogP contribution in [0.2, 0.25) is 5.02 Å². The maximum Gasteiger partial charge on any atom is 0.217 e. The summed E-state index contributed by atoms with van der Waals surface area (Å²) in [6.07, 6.45) is 2.48. The Balaban J connectivity index is 2.06. The normalized spacial score (nSPS) is 20.1. The van der Waals surface area contributed by atoms with Crippen molar-refractivity contribution in [3.63, 3.8) is 0 Å². The summed E-state index contributed by atoms with van der Waals surface area (Å²) in [7, 11) is 0. The van der Waals surface area contributed by atoms with Crippen molar-refractivity contribution >= 4 is 17.5 Å². The highest BCUT2D eigenvalue weighted by molar-refractivity contribution is 6.30. The van der Waals surface area contributed by atoms with E-state index in [1.807, 2.05) is 25.1 Å². The second-order valence-electron chi connectivity index (χ2n) is 6.01. The zero-order chi connectivity index (χ0) is 15.4. The summed E-state index contributed by atoms with van der Waals surface area (Å²) in [4.78, 5) is 13.4. The summed E-state index contributed by atoms with van der Waals surface area (Å²) in [6, 6.07) is 8.10. The SMILES string of the molecule is CC(N)C(c1cccc(Cl)c1)N1CCC(CC(N)=O)CC1. The topological polar surface area (TPSA) is 72.3 Å². The van der Waals surface area contributed by atoms with Gasteiger partial charge in [-0.2, -0.15) is 0 Å². The molecule has 1 fully saturated rings. The number of nitrogens with two attached hydrogens (primary N) is 2. The Hall–Kier alpha value is -1.10. The summed E-state index contributed by atoms with van der Waals surface area (Å²) < 4.78 is 0. The molecule has 0 aliphatic carbocycles. The van der Waals surface area contributed by atoms with Gasteiger partial charge in [0.15, 0.2) is 0 Å². The smallest absolute Gasteiger partial charge is 0.217 e. The van der Waals surface area contributed by atoms with Gasteiger partial charge >= 0.3 is 0 Å². The Morgan fingerprint density at radius 3 is 2.62 bits per heavy atom. The molecule has 0 aromatic heterocycles. The molecule has 0 spiro atoms. The summed E-state index contributed by atoms with van der Waals surface area (Å²) >= 11 is 6.10. The molecule has 5 heteroatoms. The standard InChI is InChI=1S/C16H24ClN3O/c1-11(18)16(13-3-2-4-14(17)10-13)20-7-5-12(6-8-20)9-15(19)21/h2-4,10-12,16H,5-9,18H2,1H3,(H2,19,21). The third-order valence-electron chi connectivity index (χ3n) is 4.22. The average Bonchev–Trinajstić information content (AvgIpc) is 2.40. The second-order valence-corrected chi connectivity index (χ2v) is 6.45. The van der Waals surface area contributed by atoms with Crippen LogP contribution in [0.4, 0.5) is 0 Å². The van der Waals surface area contributed by atoms with Crippen LogP contribution in [0.3, 0.4) is 0 Å². The number of hydrogen-bond donors (Lipinski definition) is 2. The molecular weight excluding hydrogens is 286 g/mol. The Morgan fingerprint density at radius 1 is 1.43 bits per heavy atom. The van der Waals surface area contributed by atoms with Crippen LogP contribution in [0, 0.1) is 5.92 Å². The predicted octanol–water partition coefficient (Wildman–Crippen LogP) is 2.32. The molecule has 1 saturated heterocycles. The van der Waals surface area contributed by atoms with E-state index in [2.05, 4.69) is 11.0 Å². The zero-order valence-electron chi connectivity index (χ0n) is 12.5. The Kier molecular flexibility index (Phi) is 5.62. The number of likely N-dealkylation sites (tertiary alicyclic amines) is 1. The molecule has 0 saturated carbocycles. The molecule has 1 aromatic rings. The average molecular weight is 310 g/mol. The van der Waals surface area contributed by atoms with Crippen molar-refractivity contribution in [2.24, 2.45) is 17.4 Å². The fourth-order valence-corrected chi connectivity index (χ4v) is 3.46. The van der Waals surface area contributed by atoms with Gasteiger partial charge in [-0.25, -0.2) is 0 Å². The van der Waals surface area contributed by atoms with Crippen molar-refractivity contribution in [2.45, 2.75) is 38.3 Å². The first-order valence-electron chi connectivity index (χ1n) is 7.50. The van der Waals surface area contributed by atoms with E-state index in [0.717, 1.165) is 36.5 Å². The van der Waals surface area contributed by atoms with E-state index in [-0.39, 0.29) is 18.0 Å². The lowest BCUT2D eigenvalue weighted by Crippen LogP contribution is -2.44. The molecule has 0 radical (unpaired) electrons. The quantitative estimate of drug-likeness (QED) is 0.876. The molecule has 1 aliphatic heterocycles. The zero-order valence-corrected chi connectivity index (χ0v) is 13.2. The van der Waals surface area contributed by atoms with Gasteiger partial charge in [0, 0.05) is 23.5 Å². The molecule has 4 nitrogen and oxygen atoms in total. The highest BCUT2D eigenvalue weighted by Crippen LogP contribution is 2.30. The van der Waals surface area contributed by atoms with Gasteiger partial charge in [0.1, 0.15) is 0 Å². The second kappa shape index (κ2) is 7.25. The van der Waals surface area contributed by atoms with Gasteiger partial charge < -0.3 is 11.5 Å². The fourth-order valence-electron chi connectivity index (χ4n) is 3.26. The van der Waals surface area contributed by atoms with Crippen LogP contribution in [0.25, 0.3) is 0 Å². The highest BCUT2D eigenvalue weighted by Gasteiger charge is 2.29. The Labute approximate surface area is 131 Å². The fraction of sp³-hybridized carbons (Fsp3) is 0.562. The number of rotatable bonds is 5. The van der Waals surface area contributed by atoms with E-state index < -0.39 is 0 Å². The molecule has 2 atom stereocenters. The molecule has 1 aromatic carbocycles. The number of halogens is 1. The number of carbonyl (C=O) groups is 1. The monoisotopic (exact) mass is 309 g/mol. The molecule has 21 heavy (non-hydrogen) atoms. The molecule has 2 rings (SSSR count). The van der Waals surface area contributed by atoms with Crippen LogP contribution < -0.4 is 11.5 Å². The van der Waals surface area contributed by atoms with Gasteiger partial charge in [0.2, 0.25) is 5.91 Å². The molecule has 2 unspecified atom stereocenters. The van der Waals surface area contributed by atoms with E-state index in [4.69, 9.17) is 23.1 Å². The maximum absolute atomic E-state index is 11.0. The summed E-state index contributed by atoms with van der Waals surface area (Å²) in [5.41, 5.74) is 12.7. The molecule has 116 valence electrons. The Morgan fingerprint density at radius 2 is 2.10 bits per heavy atom. The van der Waals surface area contributed by atoms with Crippen molar-refractivity contribution in [1.29, 1.82) is 0 Å². The first kappa shape index (κ1) is 16.3. The van der Waals surface area contributed by atoms with Crippen LogP contribution in [-0.4, -0.2) is 29.9 Å². The molecule has 0 bridgehead atoms. The summed E-state index contributed by atoms with van der Waals surface area (Å²) in [5, 5.41) is 0.738. The number of piperidine rings is 1. The van der Waals surface area contributed by atoms with Crippen LogP contribution in [0.1, 0.15) is 37.8 Å². The predicted molar refractivity (Wildman–Crippen MR) is 86.0 cm³/mol. The number of nitrogens with zero attached hydrogens (tertiary/aromatic N) is 1. The first-order chi connectivity index (χ1) is 9.97. The third-order valence-corrected chi connectivity index (χ3v) is 4.46. The molecule has 1 aliphatic rings. The minimum atomic E-state index is -0.202. The van der Waals surface area contributed by atoms with Gasteiger partial charge in [-0.05, 0) is 56.5 Å². The molecular formula is C16H24ClN3O. The lowest BCUT2D eigenvalue weighted by Gasteiger charge is -2.39. The largest absolute Gasteiger partial charge is 0.370 e. The minimum Gasteiger partial charge on any atom is -0.370 e. The lowest BCUT2D eigenvalue weighted by molar-refractivity contribution is -0.119. The van der Waals surface area contributed by atoms with E-state index in [0.29, 0.717) is 12.3 Å². The Bertz CT molecular complexity index is 484. The van der Waals surface area contributed by atoms with Crippen molar-refractivity contribution < 1.29 is 4.79 Å². The summed E-state index contributed by atoms with van der Waals surface area (Å²) in [6.45, 7) is 3.91. The molecule has 1 amide bonds. The van der Waals surface area contributed by atoms with Gasteiger partial charge in [0.05, 0.1) is 0 Å². The maximum atomic E-state index is 11.0. The van der Waals surface area contributed by atoms with Crippen molar-refractivity contribution in [3.8, 4) is 0 Å². The molecule has 1 heterocycles. The highest BCUT2D eigenvalue weighted by atomic mass is 35.5. The third kappa shape index (κ3) is 4.43. The van der Waals surface area contributed by atoms with E-state index in [1.54, 1.807) is 0 Å². The van der Waals surface area contributed by atoms with Crippen LogP contribution in [0.5, 0.6) is 0 Å². The van der Waals surface area contributed by atoms with Crippen molar-refractivity contribution in [2.75, 3.05) is 13.1 Å². The first-order valence-corrected chi connectivity index (χ1v) is 7.88. The lowest BCUT2D eigenvalue weighted by atomic mass is 9.90.